The number of hydrogen-bond acceptors (Lipinski definition) is 4. The minimum Gasteiger partial charge on any atom is -0.457 e. The second-order valence-corrected chi connectivity index (χ2v) is 19.6. The average Bonchev–Trinajstić information content (AvgIpc) is 3.81. The van der Waals surface area contributed by atoms with Crippen molar-refractivity contribution in [2.24, 2.45) is 0 Å². The molecule has 8 rings (SSSR count). The van der Waals surface area contributed by atoms with Crippen LogP contribution in [0.3, 0.4) is 0 Å². The highest BCUT2D eigenvalue weighted by atomic mass is 16.5. The normalized spacial score (nSPS) is 13.9. The summed E-state index contributed by atoms with van der Waals surface area (Å²) in [4.78, 5) is 9.58. The monoisotopic (exact) mass is 766 g/mol. The molecule has 5 heteroatoms. The molecule has 2 aromatic heterocycles. The molecule has 0 bridgehead atoms. The molecule has 1 aliphatic rings. The molecule has 296 valence electrons. The first-order chi connectivity index (χ1) is 27.4. The Morgan fingerprint density at radius 1 is 0.466 bits per heavy atom. The van der Waals surface area contributed by atoms with Gasteiger partial charge in [-0.1, -0.05) is 125 Å². The Labute approximate surface area is 345 Å². The van der Waals surface area contributed by atoms with Gasteiger partial charge in [-0.15, -0.1) is 0 Å². The van der Waals surface area contributed by atoms with Gasteiger partial charge in [0, 0.05) is 58.3 Å². The van der Waals surface area contributed by atoms with Gasteiger partial charge in [-0.25, -0.2) is 4.98 Å². The lowest BCUT2D eigenvalue weighted by Crippen LogP contribution is -2.25. The summed E-state index contributed by atoms with van der Waals surface area (Å²) < 4.78 is 9.20. The largest absolute Gasteiger partial charge is 0.457 e. The summed E-state index contributed by atoms with van der Waals surface area (Å²) in [7, 11) is 0. The van der Waals surface area contributed by atoms with Gasteiger partial charge in [0.25, 0.3) is 0 Å². The fourth-order valence-electron chi connectivity index (χ4n) is 8.01. The number of hydrogen-bond donors (Lipinski definition) is 0. The molecule has 0 radical (unpaired) electrons. The van der Waals surface area contributed by atoms with E-state index in [0.29, 0.717) is 0 Å². The van der Waals surface area contributed by atoms with Gasteiger partial charge in [-0.05, 0) is 105 Å². The van der Waals surface area contributed by atoms with Crippen LogP contribution >= 0.6 is 0 Å². The van der Waals surface area contributed by atoms with Crippen LogP contribution < -0.4 is 14.5 Å². The molecule has 3 heterocycles. The Morgan fingerprint density at radius 2 is 1.12 bits per heavy atom. The number of pyridine rings is 1. The standard InChI is InChI=1S/C53H58N4O/c1-50(2,3)37-18-15-19-41(28-37)55-26-27-56(35-55)42-29-40(52(7,8)9)30-44(33-42)58-43-21-22-45-46-31-39(53(10,11)36-16-13-12-14-17-36)20-23-47(46)57(48(45)34-43)49-32-38(24-25-54-49)51(4,5)6/h12-34H,35H2,1-11H3. The van der Waals surface area contributed by atoms with Crippen molar-refractivity contribution in [3.63, 3.8) is 0 Å². The topological polar surface area (TPSA) is 33.5 Å². The van der Waals surface area contributed by atoms with Crippen molar-refractivity contribution < 1.29 is 4.74 Å². The van der Waals surface area contributed by atoms with Crippen molar-refractivity contribution in [2.75, 3.05) is 16.5 Å². The van der Waals surface area contributed by atoms with Crippen LogP contribution in [0.5, 0.6) is 11.5 Å². The molecule has 0 saturated carbocycles. The zero-order valence-corrected chi connectivity index (χ0v) is 36.2. The third kappa shape index (κ3) is 7.51. The van der Waals surface area contributed by atoms with Crippen LogP contribution in [-0.2, 0) is 21.7 Å². The van der Waals surface area contributed by atoms with E-state index in [1.165, 1.54) is 38.9 Å². The van der Waals surface area contributed by atoms with Crippen molar-refractivity contribution in [1.29, 1.82) is 0 Å². The second-order valence-electron chi connectivity index (χ2n) is 19.6. The summed E-state index contributed by atoms with van der Waals surface area (Å²) in [6.07, 6.45) is 6.29. The fraction of sp³-hybridized carbons (Fsp3) is 0.302. The van der Waals surface area contributed by atoms with Crippen molar-refractivity contribution in [2.45, 2.75) is 97.8 Å². The molecule has 58 heavy (non-hydrogen) atoms. The summed E-state index contributed by atoms with van der Waals surface area (Å²) in [6, 6.07) is 44.1. The first-order valence-corrected chi connectivity index (χ1v) is 20.6. The van der Waals surface area contributed by atoms with E-state index >= 15 is 0 Å². The van der Waals surface area contributed by atoms with E-state index in [2.05, 4.69) is 224 Å². The lowest BCUT2D eigenvalue weighted by molar-refractivity contribution is 0.479. The van der Waals surface area contributed by atoms with E-state index in [9.17, 15) is 0 Å². The molecule has 0 aliphatic carbocycles. The molecular weight excluding hydrogens is 709 g/mol. The van der Waals surface area contributed by atoms with Gasteiger partial charge < -0.3 is 14.5 Å². The van der Waals surface area contributed by atoms with Crippen LogP contribution in [0.15, 0.2) is 140 Å². The summed E-state index contributed by atoms with van der Waals surface area (Å²) in [5, 5.41) is 2.36. The van der Waals surface area contributed by atoms with Crippen molar-refractivity contribution >= 4 is 33.2 Å². The van der Waals surface area contributed by atoms with E-state index in [1.54, 1.807) is 0 Å². The number of nitrogens with zero attached hydrogens (tertiary/aromatic N) is 4. The maximum Gasteiger partial charge on any atom is 0.137 e. The minimum absolute atomic E-state index is 0.0224. The molecule has 5 aromatic carbocycles. The highest BCUT2D eigenvalue weighted by molar-refractivity contribution is 6.10. The smallest absolute Gasteiger partial charge is 0.137 e. The lowest BCUT2D eigenvalue weighted by Gasteiger charge is -2.26. The van der Waals surface area contributed by atoms with Crippen LogP contribution in [0.25, 0.3) is 27.6 Å². The average molecular weight is 767 g/mol. The summed E-state index contributed by atoms with van der Waals surface area (Å²) in [5.74, 6) is 2.49. The first-order valence-electron chi connectivity index (χ1n) is 20.6. The Balaban J connectivity index is 1.20. The molecular formula is C53H58N4O. The quantitative estimate of drug-likeness (QED) is 0.162. The third-order valence-corrected chi connectivity index (χ3v) is 11.9. The number of fused-ring (bicyclic) bond motifs is 3. The molecule has 0 unspecified atom stereocenters. The van der Waals surface area contributed by atoms with Crippen LogP contribution in [-0.4, -0.2) is 16.2 Å². The van der Waals surface area contributed by atoms with Crippen molar-refractivity contribution in [1.82, 2.24) is 9.55 Å². The predicted molar refractivity (Wildman–Crippen MR) is 245 cm³/mol. The number of rotatable bonds is 7. The maximum absolute atomic E-state index is 6.89. The van der Waals surface area contributed by atoms with Gasteiger partial charge in [-0.3, -0.25) is 4.57 Å². The molecule has 5 nitrogen and oxygen atoms in total. The Hall–Kier alpha value is -5.81. The Morgan fingerprint density at radius 3 is 1.83 bits per heavy atom. The maximum atomic E-state index is 6.89. The second kappa shape index (κ2) is 14.2. The van der Waals surface area contributed by atoms with Crippen LogP contribution in [0, 0.1) is 0 Å². The van der Waals surface area contributed by atoms with E-state index in [0.717, 1.165) is 46.1 Å². The molecule has 0 atom stereocenters. The van der Waals surface area contributed by atoms with Crippen molar-refractivity contribution in [3.8, 4) is 17.3 Å². The minimum atomic E-state index is -0.175. The summed E-state index contributed by atoms with van der Waals surface area (Å²) >= 11 is 0. The van der Waals surface area contributed by atoms with Crippen LogP contribution in [0.2, 0.25) is 0 Å². The SMILES string of the molecule is CC(C)(C)c1cccc(N2C=CN(c3cc(Oc4ccc5c6cc(C(C)(C)c7ccccc7)ccc6n(-c6cc(C(C)(C)C)ccn6)c5c4)cc(C(C)(C)C)c3)C2)c1. The molecule has 0 fully saturated rings. The first kappa shape index (κ1) is 39.0. The number of aromatic nitrogens is 2. The van der Waals surface area contributed by atoms with Gasteiger partial charge >= 0.3 is 0 Å². The molecule has 0 saturated heterocycles. The summed E-state index contributed by atoms with van der Waals surface area (Å²) in [6.45, 7) is 25.7. The number of anilines is 2. The molecule has 0 amide bonds. The highest BCUT2D eigenvalue weighted by Crippen LogP contribution is 2.41. The van der Waals surface area contributed by atoms with Crippen molar-refractivity contribution in [3.05, 3.63) is 168 Å². The zero-order valence-electron chi connectivity index (χ0n) is 36.2. The Kier molecular flexibility index (Phi) is 9.58. The van der Waals surface area contributed by atoms with E-state index in [-0.39, 0.29) is 21.7 Å². The summed E-state index contributed by atoms with van der Waals surface area (Å²) in [5.41, 5.74) is 10.6. The van der Waals surface area contributed by atoms with Crippen LogP contribution in [0.1, 0.15) is 104 Å². The fourth-order valence-corrected chi connectivity index (χ4v) is 8.01. The van der Waals surface area contributed by atoms with Gasteiger partial charge in [-0.2, -0.15) is 0 Å². The highest BCUT2D eigenvalue weighted by Gasteiger charge is 2.26. The molecule has 0 N–H and O–H groups in total. The number of ether oxygens (including phenoxy) is 1. The van der Waals surface area contributed by atoms with E-state index < -0.39 is 0 Å². The third-order valence-electron chi connectivity index (χ3n) is 11.9. The molecule has 7 aromatic rings. The van der Waals surface area contributed by atoms with Crippen LogP contribution in [0.4, 0.5) is 11.4 Å². The predicted octanol–water partition coefficient (Wildman–Crippen LogP) is 13.9. The van der Waals surface area contributed by atoms with E-state index in [1.807, 2.05) is 6.20 Å². The lowest BCUT2D eigenvalue weighted by atomic mass is 9.78. The molecule has 0 spiro atoms. The van der Waals surface area contributed by atoms with Gasteiger partial charge in [0.05, 0.1) is 17.7 Å². The molecule has 1 aliphatic heterocycles. The zero-order chi connectivity index (χ0) is 41.2. The number of benzene rings is 5. The van der Waals surface area contributed by atoms with E-state index in [4.69, 9.17) is 9.72 Å². The van der Waals surface area contributed by atoms with Gasteiger partial charge in [0.15, 0.2) is 0 Å². The Bertz CT molecular complexity index is 2660. The van der Waals surface area contributed by atoms with Gasteiger partial charge in [0.1, 0.15) is 17.3 Å². The van der Waals surface area contributed by atoms with Gasteiger partial charge in [0.2, 0.25) is 0 Å².